The first-order valence-electron chi connectivity index (χ1n) is 9.02. The highest BCUT2D eigenvalue weighted by Crippen LogP contribution is 2.25. The van der Waals surface area contributed by atoms with Crippen LogP contribution in [0.25, 0.3) is 0 Å². The number of aliphatic carboxylic acids is 2. The van der Waals surface area contributed by atoms with Gasteiger partial charge in [-0.25, -0.2) is 9.59 Å². The van der Waals surface area contributed by atoms with E-state index in [1.165, 1.54) is 11.1 Å². The van der Waals surface area contributed by atoms with Crippen LogP contribution < -0.4 is 5.32 Å². The number of carboxylic acid groups (broad SMARTS) is 2. The third-order valence-corrected chi connectivity index (χ3v) is 4.43. The van der Waals surface area contributed by atoms with Gasteiger partial charge in [0.15, 0.2) is 12.2 Å². The van der Waals surface area contributed by atoms with Gasteiger partial charge in [-0.05, 0) is 55.6 Å². The van der Waals surface area contributed by atoms with Crippen LogP contribution in [-0.2, 0) is 16.0 Å². The van der Waals surface area contributed by atoms with Gasteiger partial charge < -0.3 is 25.7 Å². The van der Waals surface area contributed by atoms with Crippen LogP contribution in [-0.4, -0.2) is 58.2 Å². The Hall–Kier alpha value is -2.45. The number of benzene rings is 2. The maximum Gasteiger partial charge on any atom is 0.335 e. The van der Waals surface area contributed by atoms with Crippen LogP contribution >= 0.6 is 11.6 Å². The first kappa shape index (κ1) is 24.6. The first-order valence-corrected chi connectivity index (χ1v) is 9.39. The second-order valence-electron chi connectivity index (χ2n) is 6.40. The van der Waals surface area contributed by atoms with E-state index in [9.17, 15) is 9.59 Å². The van der Waals surface area contributed by atoms with E-state index in [-0.39, 0.29) is 0 Å². The molecule has 3 unspecified atom stereocenters. The van der Waals surface area contributed by atoms with Gasteiger partial charge in [-0.2, -0.15) is 0 Å². The molecule has 0 spiro atoms. The number of rotatable bonds is 9. The fraction of sp³-hybridized carbons (Fsp3) is 0.333. The molecule has 0 bridgehead atoms. The Bertz CT molecular complexity index is 753. The number of carboxylic acids is 2. The van der Waals surface area contributed by atoms with Crippen LogP contribution in [0, 0.1) is 0 Å². The lowest BCUT2D eigenvalue weighted by molar-refractivity contribution is -0.165. The molecule has 2 aromatic carbocycles. The van der Waals surface area contributed by atoms with Crippen molar-refractivity contribution < 1.29 is 30.0 Å². The van der Waals surface area contributed by atoms with Crippen molar-refractivity contribution in [2.75, 3.05) is 13.6 Å². The molecule has 0 fully saturated rings. The summed E-state index contributed by atoms with van der Waals surface area (Å²) in [4.78, 5) is 19.5. The Morgan fingerprint density at radius 2 is 1.55 bits per heavy atom. The van der Waals surface area contributed by atoms with E-state index >= 15 is 0 Å². The summed E-state index contributed by atoms with van der Waals surface area (Å²) < 4.78 is 0. The number of aliphatic hydroxyl groups is 2. The zero-order valence-electron chi connectivity index (χ0n) is 16.0. The van der Waals surface area contributed by atoms with Crippen LogP contribution in [0.3, 0.4) is 0 Å². The Kier molecular flexibility index (Phi) is 10.9. The highest BCUT2D eigenvalue weighted by molar-refractivity contribution is 6.30. The normalized spacial score (nSPS) is 13.5. The summed E-state index contributed by atoms with van der Waals surface area (Å²) in [5.74, 6) is -3.00. The molecule has 0 aliphatic carbocycles. The molecule has 0 saturated heterocycles. The van der Waals surface area contributed by atoms with Gasteiger partial charge in [-0.15, -0.1) is 0 Å². The molecule has 0 aliphatic rings. The number of nitrogens with one attached hydrogen (secondary N) is 1. The van der Waals surface area contributed by atoms with Crippen molar-refractivity contribution in [3.63, 3.8) is 0 Å². The summed E-state index contributed by atoms with van der Waals surface area (Å²) in [6, 6.07) is 18.9. The van der Waals surface area contributed by atoms with E-state index in [1.54, 1.807) is 0 Å². The molecule has 158 valence electrons. The quantitative estimate of drug-likeness (QED) is 0.418. The molecule has 0 aromatic heterocycles. The van der Waals surface area contributed by atoms with Crippen molar-refractivity contribution in [2.45, 2.75) is 31.0 Å². The molecule has 0 radical (unpaired) electrons. The average molecular weight is 424 g/mol. The minimum Gasteiger partial charge on any atom is -0.479 e. The predicted octanol–water partition coefficient (Wildman–Crippen LogP) is 2.15. The molecule has 0 heterocycles. The van der Waals surface area contributed by atoms with Gasteiger partial charge >= 0.3 is 11.9 Å². The molecule has 29 heavy (non-hydrogen) atoms. The highest BCUT2D eigenvalue weighted by Gasteiger charge is 2.29. The maximum atomic E-state index is 9.77. The van der Waals surface area contributed by atoms with Gasteiger partial charge in [0.2, 0.25) is 0 Å². The number of halogens is 1. The fourth-order valence-corrected chi connectivity index (χ4v) is 2.86. The standard InChI is InChI=1S/C17H20ClN.C4H6O6/c1-19-11-10-16(15-7-3-2-4-8-15)12-14-6-5-9-17(18)13-14;5-1(3(7)8)2(6)4(9)10/h2-9,13,16,19H,10-12H2,1H3;1-2,5-6H,(H,7,8)(H,9,10). The predicted molar refractivity (Wildman–Crippen MR) is 110 cm³/mol. The fourth-order valence-electron chi connectivity index (χ4n) is 2.65. The molecular weight excluding hydrogens is 398 g/mol. The Labute approximate surface area is 174 Å². The number of hydrogen-bond acceptors (Lipinski definition) is 5. The highest BCUT2D eigenvalue weighted by atomic mass is 35.5. The van der Waals surface area contributed by atoms with E-state index in [1.807, 2.05) is 19.2 Å². The molecule has 2 rings (SSSR count). The van der Waals surface area contributed by atoms with Crippen molar-refractivity contribution in [3.05, 3.63) is 70.7 Å². The number of aliphatic hydroxyl groups excluding tert-OH is 2. The SMILES string of the molecule is CNCCC(Cc1cccc(Cl)c1)c1ccccc1.O=C(O)C(O)C(O)C(=O)O. The topological polar surface area (TPSA) is 127 Å². The molecule has 0 amide bonds. The zero-order chi connectivity index (χ0) is 21.8. The molecule has 2 aromatic rings. The molecule has 0 aliphatic heterocycles. The monoisotopic (exact) mass is 423 g/mol. The summed E-state index contributed by atoms with van der Waals surface area (Å²) in [6.07, 6.45) is -2.37. The Balaban J connectivity index is 0.000000359. The smallest absolute Gasteiger partial charge is 0.335 e. The summed E-state index contributed by atoms with van der Waals surface area (Å²) in [5.41, 5.74) is 2.70. The van der Waals surface area contributed by atoms with Crippen molar-refractivity contribution in [3.8, 4) is 0 Å². The van der Waals surface area contributed by atoms with Crippen LogP contribution in [0.5, 0.6) is 0 Å². The molecule has 3 atom stereocenters. The molecular formula is C21H26ClNO6. The second kappa shape index (κ2) is 12.9. The van der Waals surface area contributed by atoms with Crippen molar-refractivity contribution in [2.24, 2.45) is 0 Å². The van der Waals surface area contributed by atoms with Crippen LogP contribution in [0.15, 0.2) is 54.6 Å². The minimum absolute atomic E-state index is 0.534. The van der Waals surface area contributed by atoms with E-state index in [4.69, 9.17) is 32.0 Å². The van der Waals surface area contributed by atoms with Gasteiger partial charge in [-0.1, -0.05) is 54.1 Å². The summed E-state index contributed by atoms with van der Waals surface area (Å²) >= 11 is 6.07. The first-order chi connectivity index (χ1) is 13.8. The summed E-state index contributed by atoms with van der Waals surface area (Å²) in [6.45, 7) is 1.03. The van der Waals surface area contributed by atoms with Crippen molar-refractivity contribution in [1.82, 2.24) is 5.32 Å². The maximum absolute atomic E-state index is 9.77. The van der Waals surface area contributed by atoms with E-state index in [0.29, 0.717) is 5.92 Å². The van der Waals surface area contributed by atoms with Gasteiger partial charge in [0.25, 0.3) is 0 Å². The van der Waals surface area contributed by atoms with Gasteiger partial charge in [-0.3, -0.25) is 0 Å². The Morgan fingerprint density at radius 3 is 2.03 bits per heavy atom. The lowest BCUT2D eigenvalue weighted by Gasteiger charge is -2.17. The zero-order valence-corrected chi connectivity index (χ0v) is 16.8. The average Bonchev–Trinajstić information content (AvgIpc) is 2.71. The largest absolute Gasteiger partial charge is 0.479 e. The molecule has 7 nitrogen and oxygen atoms in total. The van der Waals surface area contributed by atoms with Crippen LogP contribution in [0.1, 0.15) is 23.5 Å². The number of carbonyl (C=O) groups is 2. The lowest BCUT2D eigenvalue weighted by atomic mass is 9.89. The van der Waals surface area contributed by atoms with E-state index < -0.39 is 24.1 Å². The van der Waals surface area contributed by atoms with Gasteiger partial charge in [0, 0.05) is 5.02 Å². The van der Waals surface area contributed by atoms with E-state index in [0.717, 1.165) is 24.4 Å². The molecule has 8 heteroatoms. The molecule has 0 saturated carbocycles. The second-order valence-corrected chi connectivity index (χ2v) is 6.84. The third-order valence-electron chi connectivity index (χ3n) is 4.19. The Morgan fingerprint density at radius 1 is 0.966 bits per heavy atom. The van der Waals surface area contributed by atoms with Gasteiger partial charge in [0.05, 0.1) is 0 Å². The minimum atomic E-state index is -2.27. The van der Waals surface area contributed by atoms with E-state index in [2.05, 4.69) is 47.8 Å². The molecule has 5 N–H and O–H groups in total. The van der Waals surface area contributed by atoms with Gasteiger partial charge in [0.1, 0.15) is 0 Å². The summed E-state index contributed by atoms with van der Waals surface area (Å²) in [7, 11) is 2.00. The lowest BCUT2D eigenvalue weighted by Crippen LogP contribution is -2.39. The van der Waals surface area contributed by atoms with Crippen LogP contribution in [0.2, 0.25) is 5.02 Å². The van der Waals surface area contributed by atoms with Crippen molar-refractivity contribution in [1.29, 1.82) is 0 Å². The number of hydrogen-bond donors (Lipinski definition) is 5. The van der Waals surface area contributed by atoms with Crippen molar-refractivity contribution >= 4 is 23.5 Å². The summed E-state index contributed by atoms with van der Waals surface area (Å²) in [5, 5.41) is 36.6. The third kappa shape index (κ3) is 9.06. The van der Waals surface area contributed by atoms with Crippen LogP contribution in [0.4, 0.5) is 0 Å².